The molecule has 0 aliphatic heterocycles. The maximum Gasteiger partial charge on any atom is 0.281 e. The molecule has 0 aromatic heterocycles. The van der Waals surface area contributed by atoms with Crippen LogP contribution in [0.15, 0.2) is 0 Å². The van der Waals surface area contributed by atoms with Crippen molar-refractivity contribution in [1.82, 2.24) is 13.9 Å². The molecule has 0 atom stereocenters. The first-order chi connectivity index (χ1) is 9.05. The lowest BCUT2D eigenvalue weighted by atomic mass is 10.4. The Morgan fingerprint density at radius 3 is 2.37 bits per heavy atom. The van der Waals surface area contributed by atoms with Gasteiger partial charge in [0.1, 0.15) is 0 Å². The van der Waals surface area contributed by atoms with Crippen LogP contribution in [0.5, 0.6) is 0 Å². The lowest BCUT2D eigenvalue weighted by molar-refractivity contribution is 0.349. The third-order valence-corrected chi connectivity index (χ3v) is 5.79. The van der Waals surface area contributed by atoms with E-state index >= 15 is 0 Å². The minimum Gasteiger partial charge on any atom is -0.314 e. The molecule has 19 heavy (non-hydrogen) atoms. The van der Waals surface area contributed by atoms with E-state index in [4.69, 9.17) is 0 Å². The van der Waals surface area contributed by atoms with Crippen molar-refractivity contribution in [2.24, 2.45) is 0 Å². The molecular weight excluding hydrogens is 262 g/mol. The first-order valence-corrected chi connectivity index (χ1v) is 8.92. The monoisotopic (exact) mass is 289 g/mol. The zero-order valence-corrected chi connectivity index (χ0v) is 13.0. The SMILES string of the molecule is CCCN(C1CC1)S(=O)(=O)N(C)CCCNC1CC1. The number of rotatable bonds is 10. The summed E-state index contributed by atoms with van der Waals surface area (Å²) in [5.74, 6) is 0. The van der Waals surface area contributed by atoms with Gasteiger partial charge in [-0.25, -0.2) is 0 Å². The van der Waals surface area contributed by atoms with E-state index in [1.165, 1.54) is 17.1 Å². The first kappa shape index (κ1) is 15.2. The van der Waals surface area contributed by atoms with Gasteiger partial charge in [0.15, 0.2) is 0 Å². The Hall–Kier alpha value is -0.170. The Morgan fingerprint density at radius 1 is 1.16 bits per heavy atom. The van der Waals surface area contributed by atoms with Crippen molar-refractivity contribution in [2.75, 3.05) is 26.7 Å². The molecule has 0 bridgehead atoms. The number of nitrogens with one attached hydrogen (secondary N) is 1. The molecule has 2 rings (SSSR count). The molecule has 2 aliphatic carbocycles. The molecule has 0 saturated heterocycles. The molecule has 112 valence electrons. The molecule has 0 heterocycles. The molecule has 0 aromatic carbocycles. The summed E-state index contributed by atoms with van der Waals surface area (Å²) in [6.45, 7) is 4.21. The standard InChI is InChI=1S/C13H27N3O2S/c1-3-10-16(13-7-8-13)19(17,18)15(2)11-4-9-14-12-5-6-12/h12-14H,3-11H2,1-2H3. The number of nitrogens with zero attached hydrogens (tertiary/aromatic N) is 2. The summed E-state index contributed by atoms with van der Waals surface area (Å²) in [6, 6.07) is 0.960. The number of hydrogen-bond donors (Lipinski definition) is 1. The maximum absolute atomic E-state index is 12.5. The molecule has 0 amide bonds. The van der Waals surface area contributed by atoms with E-state index < -0.39 is 10.2 Å². The molecule has 2 aliphatic rings. The Balaban J connectivity index is 1.78. The zero-order chi connectivity index (χ0) is 13.9. The van der Waals surface area contributed by atoms with E-state index in [2.05, 4.69) is 5.32 Å². The fourth-order valence-corrected chi connectivity index (χ4v) is 3.98. The molecule has 0 radical (unpaired) electrons. The highest BCUT2D eigenvalue weighted by Gasteiger charge is 2.38. The zero-order valence-electron chi connectivity index (χ0n) is 12.1. The Kier molecular flexibility index (Phi) is 5.22. The summed E-state index contributed by atoms with van der Waals surface area (Å²) in [6.07, 6.45) is 6.37. The quantitative estimate of drug-likeness (QED) is 0.614. The van der Waals surface area contributed by atoms with Crippen LogP contribution < -0.4 is 5.32 Å². The fourth-order valence-electron chi connectivity index (χ4n) is 2.26. The van der Waals surface area contributed by atoms with E-state index in [9.17, 15) is 8.42 Å². The largest absolute Gasteiger partial charge is 0.314 e. The van der Waals surface area contributed by atoms with Crippen LogP contribution in [0.1, 0.15) is 45.4 Å². The van der Waals surface area contributed by atoms with Gasteiger partial charge in [-0.2, -0.15) is 17.0 Å². The summed E-state index contributed by atoms with van der Waals surface area (Å²) in [5.41, 5.74) is 0. The second-order valence-corrected chi connectivity index (χ2v) is 7.74. The summed E-state index contributed by atoms with van der Waals surface area (Å²) < 4.78 is 28.2. The van der Waals surface area contributed by atoms with Gasteiger partial charge in [0.25, 0.3) is 10.2 Å². The van der Waals surface area contributed by atoms with E-state index in [0.29, 0.717) is 19.1 Å². The first-order valence-electron chi connectivity index (χ1n) is 7.52. The van der Waals surface area contributed by atoms with E-state index in [1.807, 2.05) is 6.92 Å². The second kappa shape index (κ2) is 6.52. The number of hydrogen-bond acceptors (Lipinski definition) is 3. The van der Waals surface area contributed by atoms with E-state index in [-0.39, 0.29) is 6.04 Å². The summed E-state index contributed by atoms with van der Waals surface area (Å²) >= 11 is 0. The summed E-state index contributed by atoms with van der Waals surface area (Å²) in [7, 11) is -1.54. The minimum absolute atomic E-state index is 0.261. The topological polar surface area (TPSA) is 52.7 Å². The smallest absolute Gasteiger partial charge is 0.281 e. The van der Waals surface area contributed by atoms with Gasteiger partial charge >= 0.3 is 0 Å². The van der Waals surface area contributed by atoms with Crippen LogP contribution in [0.2, 0.25) is 0 Å². The molecule has 2 fully saturated rings. The van der Waals surface area contributed by atoms with Gasteiger partial charge in [0.05, 0.1) is 0 Å². The van der Waals surface area contributed by atoms with Crippen molar-refractivity contribution in [3.63, 3.8) is 0 Å². The van der Waals surface area contributed by atoms with Crippen LogP contribution in [0.25, 0.3) is 0 Å². The van der Waals surface area contributed by atoms with Crippen molar-refractivity contribution < 1.29 is 8.42 Å². The molecule has 0 spiro atoms. The average molecular weight is 289 g/mol. The van der Waals surface area contributed by atoms with Crippen molar-refractivity contribution in [3.8, 4) is 0 Å². The van der Waals surface area contributed by atoms with Gasteiger partial charge in [-0.05, 0) is 45.1 Å². The highest BCUT2D eigenvalue weighted by molar-refractivity contribution is 7.86. The highest BCUT2D eigenvalue weighted by Crippen LogP contribution is 2.30. The molecule has 0 aromatic rings. The molecular formula is C13H27N3O2S. The van der Waals surface area contributed by atoms with Gasteiger partial charge in [-0.3, -0.25) is 0 Å². The van der Waals surface area contributed by atoms with Gasteiger partial charge in [-0.1, -0.05) is 6.92 Å². The van der Waals surface area contributed by atoms with Gasteiger partial charge in [0, 0.05) is 32.2 Å². The molecule has 5 nitrogen and oxygen atoms in total. The van der Waals surface area contributed by atoms with E-state index in [1.54, 1.807) is 11.4 Å². The second-order valence-electron chi connectivity index (χ2n) is 5.75. The van der Waals surface area contributed by atoms with Crippen molar-refractivity contribution in [1.29, 1.82) is 0 Å². The van der Waals surface area contributed by atoms with E-state index in [0.717, 1.165) is 32.2 Å². The van der Waals surface area contributed by atoms with Gasteiger partial charge in [-0.15, -0.1) is 0 Å². The van der Waals surface area contributed by atoms with Crippen LogP contribution in [0.3, 0.4) is 0 Å². The Morgan fingerprint density at radius 2 is 1.84 bits per heavy atom. The lowest BCUT2D eigenvalue weighted by Crippen LogP contribution is -2.44. The fraction of sp³-hybridized carbons (Fsp3) is 1.00. The highest BCUT2D eigenvalue weighted by atomic mass is 32.2. The molecule has 1 N–H and O–H groups in total. The Bertz CT molecular complexity index is 377. The minimum atomic E-state index is -3.25. The van der Waals surface area contributed by atoms with Crippen LogP contribution >= 0.6 is 0 Å². The van der Waals surface area contributed by atoms with Gasteiger partial charge in [0.2, 0.25) is 0 Å². The van der Waals surface area contributed by atoms with Crippen LogP contribution in [0.4, 0.5) is 0 Å². The average Bonchev–Trinajstić information content (AvgIpc) is 3.24. The van der Waals surface area contributed by atoms with Crippen LogP contribution in [-0.2, 0) is 10.2 Å². The van der Waals surface area contributed by atoms with Crippen molar-refractivity contribution in [2.45, 2.75) is 57.5 Å². The molecule has 2 saturated carbocycles. The summed E-state index contributed by atoms with van der Waals surface area (Å²) in [4.78, 5) is 0. The van der Waals surface area contributed by atoms with Crippen molar-refractivity contribution in [3.05, 3.63) is 0 Å². The third kappa shape index (κ3) is 4.41. The van der Waals surface area contributed by atoms with Gasteiger partial charge < -0.3 is 5.32 Å². The Labute approximate surface area is 117 Å². The van der Waals surface area contributed by atoms with Crippen LogP contribution in [0, 0.1) is 0 Å². The lowest BCUT2D eigenvalue weighted by Gasteiger charge is -2.27. The van der Waals surface area contributed by atoms with Crippen LogP contribution in [-0.4, -0.2) is 55.8 Å². The van der Waals surface area contributed by atoms with Crippen molar-refractivity contribution >= 4 is 10.2 Å². The third-order valence-electron chi connectivity index (χ3n) is 3.75. The predicted molar refractivity (Wildman–Crippen MR) is 77.2 cm³/mol. The molecule has 6 heteroatoms. The summed E-state index contributed by atoms with van der Waals surface area (Å²) in [5, 5.41) is 3.42. The molecule has 0 unspecified atom stereocenters. The normalized spacial score (nSPS) is 20.4. The predicted octanol–water partition coefficient (Wildman–Crippen LogP) is 1.18. The maximum atomic E-state index is 12.5.